The molecule has 1 N–H and O–H groups in total. The Balaban J connectivity index is 1.55. The minimum Gasteiger partial charge on any atom is -0.355 e. The molecule has 1 heterocycles. The van der Waals surface area contributed by atoms with Crippen LogP contribution < -0.4 is 5.32 Å². The molecule has 1 saturated carbocycles. The van der Waals surface area contributed by atoms with E-state index < -0.39 is 0 Å². The number of nitrogens with one attached hydrogen (secondary N) is 1. The molecule has 1 saturated heterocycles. The summed E-state index contributed by atoms with van der Waals surface area (Å²) >= 11 is 0. The van der Waals surface area contributed by atoms with Crippen LogP contribution in [0.5, 0.6) is 0 Å². The lowest BCUT2D eigenvalue weighted by molar-refractivity contribution is -0.138. The van der Waals surface area contributed by atoms with Crippen molar-refractivity contribution in [2.24, 2.45) is 11.8 Å². The maximum Gasteiger partial charge on any atom is 0.225 e. The Kier molecular flexibility index (Phi) is 4.93. The number of hydrogen-bond donors (Lipinski definition) is 1. The summed E-state index contributed by atoms with van der Waals surface area (Å²) in [4.78, 5) is 26.6. The SMILES string of the molecule is CC(C)C(=O)N1CCC[C@H](C(=O)NCC2(c3ccccc3)CC2)C1. The Morgan fingerprint density at radius 2 is 1.96 bits per heavy atom. The number of nitrogens with zero attached hydrogens (tertiary/aromatic N) is 1. The second-order valence-electron chi connectivity index (χ2n) is 7.64. The van der Waals surface area contributed by atoms with Crippen LogP contribution in [0.15, 0.2) is 30.3 Å². The zero-order chi connectivity index (χ0) is 17.2. The molecule has 3 rings (SSSR count). The smallest absolute Gasteiger partial charge is 0.225 e. The Morgan fingerprint density at radius 3 is 2.58 bits per heavy atom. The largest absolute Gasteiger partial charge is 0.355 e. The van der Waals surface area contributed by atoms with Gasteiger partial charge in [-0.15, -0.1) is 0 Å². The lowest BCUT2D eigenvalue weighted by Crippen LogP contribution is -2.47. The summed E-state index contributed by atoms with van der Waals surface area (Å²) < 4.78 is 0. The van der Waals surface area contributed by atoms with E-state index in [-0.39, 0.29) is 29.1 Å². The quantitative estimate of drug-likeness (QED) is 0.903. The number of carbonyl (C=O) groups excluding carboxylic acids is 2. The maximum absolute atomic E-state index is 12.6. The lowest BCUT2D eigenvalue weighted by atomic mass is 9.94. The summed E-state index contributed by atoms with van der Waals surface area (Å²) in [5.74, 6) is 0.210. The first-order chi connectivity index (χ1) is 11.5. The predicted octanol–water partition coefficient (Wildman–Crippen LogP) is 2.73. The van der Waals surface area contributed by atoms with Gasteiger partial charge >= 0.3 is 0 Å². The third-order valence-electron chi connectivity index (χ3n) is 5.44. The van der Waals surface area contributed by atoms with Crippen molar-refractivity contribution in [2.45, 2.75) is 44.9 Å². The van der Waals surface area contributed by atoms with Crippen molar-refractivity contribution in [3.63, 3.8) is 0 Å². The normalized spacial score (nSPS) is 22.3. The molecule has 130 valence electrons. The van der Waals surface area contributed by atoms with Crippen molar-refractivity contribution in [2.75, 3.05) is 19.6 Å². The fourth-order valence-corrected chi connectivity index (χ4v) is 3.67. The Hall–Kier alpha value is -1.84. The van der Waals surface area contributed by atoms with Crippen molar-refractivity contribution < 1.29 is 9.59 Å². The molecule has 1 atom stereocenters. The molecule has 1 aliphatic carbocycles. The van der Waals surface area contributed by atoms with Gasteiger partial charge in [-0.1, -0.05) is 44.2 Å². The first-order valence-electron chi connectivity index (χ1n) is 9.14. The summed E-state index contributed by atoms with van der Waals surface area (Å²) in [5.41, 5.74) is 1.46. The average Bonchev–Trinajstić information content (AvgIpc) is 3.41. The van der Waals surface area contributed by atoms with Gasteiger partial charge in [0.25, 0.3) is 0 Å². The molecule has 0 spiro atoms. The monoisotopic (exact) mass is 328 g/mol. The van der Waals surface area contributed by atoms with Gasteiger partial charge in [-0.2, -0.15) is 0 Å². The molecule has 0 aromatic heterocycles. The highest BCUT2D eigenvalue weighted by Crippen LogP contribution is 2.47. The molecule has 0 bridgehead atoms. The topological polar surface area (TPSA) is 49.4 Å². The number of rotatable bonds is 5. The van der Waals surface area contributed by atoms with E-state index in [4.69, 9.17) is 0 Å². The Morgan fingerprint density at radius 1 is 1.25 bits per heavy atom. The van der Waals surface area contributed by atoms with Gasteiger partial charge in [0.15, 0.2) is 0 Å². The van der Waals surface area contributed by atoms with E-state index in [1.54, 1.807) is 0 Å². The van der Waals surface area contributed by atoms with Crippen LogP contribution in [-0.4, -0.2) is 36.3 Å². The van der Waals surface area contributed by atoms with Gasteiger partial charge in [0, 0.05) is 31.0 Å². The minimum atomic E-state index is -0.0620. The molecule has 2 aliphatic rings. The van der Waals surface area contributed by atoms with Crippen molar-refractivity contribution in [3.8, 4) is 0 Å². The van der Waals surface area contributed by atoms with Crippen LogP contribution in [0.25, 0.3) is 0 Å². The number of likely N-dealkylation sites (tertiary alicyclic amines) is 1. The fourth-order valence-electron chi connectivity index (χ4n) is 3.67. The summed E-state index contributed by atoms with van der Waals surface area (Å²) in [6, 6.07) is 10.5. The lowest BCUT2D eigenvalue weighted by Gasteiger charge is -2.33. The highest BCUT2D eigenvalue weighted by atomic mass is 16.2. The molecule has 0 radical (unpaired) electrons. The van der Waals surface area contributed by atoms with Crippen molar-refractivity contribution in [1.82, 2.24) is 10.2 Å². The van der Waals surface area contributed by atoms with E-state index in [0.717, 1.165) is 32.2 Å². The van der Waals surface area contributed by atoms with E-state index in [1.807, 2.05) is 24.8 Å². The highest BCUT2D eigenvalue weighted by molar-refractivity contribution is 5.82. The third kappa shape index (κ3) is 3.63. The van der Waals surface area contributed by atoms with Crippen molar-refractivity contribution >= 4 is 11.8 Å². The number of benzene rings is 1. The highest BCUT2D eigenvalue weighted by Gasteiger charge is 2.44. The minimum absolute atomic E-state index is 0.000347. The number of amides is 2. The van der Waals surface area contributed by atoms with Crippen LogP contribution in [0.3, 0.4) is 0 Å². The van der Waals surface area contributed by atoms with Gasteiger partial charge in [0.1, 0.15) is 0 Å². The van der Waals surface area contributed by atoms with Gasteiger partial charge in [-0.05, 0) is 31.2 Å². The van der Waals surface area contributed by atoms with Gasteiger partial charge < -0.3 is 10.2 Å². The van der Waals surface area contributed by atoms with Crippen LogP contribution in [0, 0.1) is 11.8 Å². The van der Waals surface area contributed by atoms with Gasteiger partial charge in [0.2, 0.25) is 11.8 Å². The summed E-state index contributed by atoms with van der Waals surface area (Å²) in [6.45, 7) is 5.91. The predicted molar refractivity (Wildman–Crippen MR) is 94.5 cm³/mol. The summed E-state index contributed by atoms with van der Waals surface area (Å²) in [5, 5.41) is 3.17. The second-order valence-corrected chi connectivity index (χ2v) is 7.64. The molecule has 0 unspecified atom stereocenters. The first-order valence-corrected chi connectivity index (χ1v) is 9.14. The Bertz CT molecular complexity index is 593. The van der Waals surface area contributed by atoms with Gasteiger partial charge in [-0.3, -0.25) is 9.59 Å². The number of hydrogen-bond acceptors (Lipinski definition) is 2. The van der Waals surface area contributed by atoms with Gasteiger partial charge in [0.05, 0.1) is 5.92 Å². The van der Waals surface area contributed by atoms with Crippen LogP contribution >= 0.6 is 0 Å². The zero-order valence-electron chi connectivity index (χ0n) is 14.8. The van der Waals surface area contributed by atoms with E-state index in [0.29, 0.717) is 13.1 Å². The van der Waals surface area contributed by atoms with E-state index >= 15 is 0 Å². The van der Waals surface area contributed by atoms with E-state index in [9.17, 15) is 9.59 Å². The van der Waals surface area contributed by atoms with Gasteiger partial charge in [-0.25, -0.2) is 0 Å². The first kappa shape index (κ1) is 17.0. The molecule has 24 heavy (non-hydrogen) atoms. The maximum atomic E-state index is 12.6. The van der Waals surface area contributed by atoms with Crippen LogP contribution in [0.4, 0.5) is 0 Å². The Labute approximate surface area is 144 Å². The molecule has 1 aliphatic heterocycles. The second kappa shape index (κ2) is 6.96. The fraction of sp³-hybridized carbons (Fsp3) is 0.600. The van der Waals surface area contributed by atoms with Crippen LogP contribution in [0.1, 0.15) is 45.1 Å². The third-order valence-corrected chi connectivity index (χ3v) is 5.44. The summed E-state index contributed by atoms with van der Waals surface area (Å²) in [6.07, 6.45) is 4.08. The molecule has 4 heteroatoms. The van der Waals surface area contributed by atoms with Crippen molar-refractivity contribution in [3.05, 3.63) is 35.9 Å². The number of carbonyl (C=O) groups is 2. The standard InChI is InChI=1S/C20H28N2O2/c1-15(2)19(24)22-12-6-7-16(13-22)18(23)21-14-20(10-11-20)17-8-4-3-5-9-17/h3-5,8-9,15-16H,6-7,10-14H2,1-2H3,(H,21,23)/t16-/m0/s1. The van der Waals surface area contributed by atoms with Crippen LogP contribution in [-0.2, 0) is 15.0 Å². The average molecular weight is 328 g/mol. The van der Waals surface area contributed by atoms with E-state index in [1.165, 1.54) is 5.56 Å². The molecular weight excluding hydrogens is 300 g/mol. The molecular formula is C20H28N2O2. The molecule has 4 nitrogen and oxygen atoms in total. The van der Waals surface area contributed by atoms with Crippen molar-refractivity contribution in [1.29, 1.82) is 0 Å². The van der Waals surface area contributed by atoms with Crippen LogP contribution in [0.2, 0.25) is 0 Å². The summed E-state index contributed by atoms with van der Waals surface area (Å²) in [7, 11) is 0. The molecule has 2 fully saturated rings. The zero-order valence-corrected chi connectivity index (χ0v) is 14.8. The molecule has 1 aromatic rings. The molecule has 1 aromatic carbocycles. The van der Waals surface area contributed by atoms with E-state index in [2.05, 4.69) is 29.6 Å². The number of piperidine rings is 1. The molecule has 2 amide bonds.